The molecule has 1 N–H and O–H groups in total. The molecule has 2 heteroatoms. The Morgan fingerprint density at radius 1 is 1.23 bits per heavy atom. The minimum atomic E-state index is -0.527. The lowest BCUT2D eigenvalue weighted by molar-refractivity contribution is 0.0532. The molecule has 2 nitrogen and oxygen atoms in total. The largest absolute Gasteiger partial charge is 0.390 e. The summed E-state index contributed by atoms with van der Waals surface area (Å²) in [4.78, 5) is 0. The lowest BCUT2D eigenvalue weighted by Gasteiger charge is -2.44. The van der Waals surface area contributed by atoms with Gasteiger partial charge in [-0.3, -0.25) is 0 Å². The highest BCUT2D eigenvalue weighted by Crippen LogP contribution is 2.60. The van der Waals surface area contributed by atoms with E-state index < -0.39 is 5.60 Å². The minimum absolute atomic E-state index is 0.373. The molecule has 3 saturated carbocycles. The maximum Gasteiger partial charge on any atom is 0.0618 e. The second-order valence-electron chi connectivity index (χ2n) is 11.6. The summed E-state index contributed by atoms with van der Waals surface area (Å²) in [5.41, 5.74) is 4.35. The smallest absolute Gasteiger partial charge is 0.0618 e. The first-order valence-electron chi connectivity index (χ1n) is 13.1. The summed E-state index contributed by atoms with van der Waals surface area (Å²) in [6.45, 7) is 16.2. The standard InChI is InChI=1S/C29H48O2/c1-7-31-25-15-12-21(2)24(20-25)14-13-23-11-9-19-29(6)26(16-17-27(23)29)22(3)10-8-18-28(4,5)30/h13-14,22,25-27,30H,2,7-12,15-20H2,1,3-6H3/b23-13+,24-14-/t22-,25+,26-,27?,29-/m1/s1. The van der Waals surface area contributed by atoms with Gasteiger partial charge in [-0.2, -0.15) is 0 Å². The van der Waals surface area contributed by atoms with Crippen molar-refractivity contribution in [1.29, 1.82) is 0 Å². The second kappa shape index (κ2) is 10.4. The van der Waals surface area contributed by atoms with Gasteiger partial charge in [-0.15, -0.1) is 0 Å². The van der Waals surface area contributed by atoms with Gasteiger partial charge in [-0.05, 0) is 107 Å². The van der Waals surface area contributed by atoms with Gasteiger partial charge in [0.2, 0.25) is 0 Å². The quantitative estimate of drug-likeness (QED) is 0.428. The Kier molecular flexibility index (Phi) is 8.30. The van der Waals surface area contributed by atoms with Crippen LogP contribution in [0, 0.1) is 23.2 Å². The summed E-state index contributed by atoms with van der Waals surface area (Å²) in [6, 6.07) is 0. The van der Waals surface area contributed by atoms with E-state index in [0.29, 0.717) is 11.5 Å². The Balaban J connectivity index is 1.68. The van der Waals surface area contributed by atoms with Crippen molar-refractivity contribution in [3.8, 4) is 0 Å². The van der Waals surface area contributed by atoms with Crippen molar-refractivity contribution in [1.82, 2.24) is 0 Å². The van der Waals surface area contributed by atoms with E-state index in [-0.39, 0.29) is 0 Å². The normalized spacial score (nSPS) is 35.5. The Hall–Kier alpha value is -0.860. The molecule has 176 valence electrons. The van der Waals surface area contributed by atoms with E-state index in [4.69, 9.17) is 4.74 Å². The summed E-state index contributed by atoms with van der Waals surface area (Å²) in [7, 11) is 0. The van der Waals surface area contributed by atoms with Crippen LogP contribution < -0.4 is 0 Å². The molecule has 1 unspecified atom stereocenters. The van der Waals surface area contributed by atoms with Crippen molar-refractivity contribution in [3.05, 3.63) is 35.5 Å². The molecule has 0 aliphatic heterocycles. The Bertz CT molecular complexity index is 679. The van der Waals surface area contributed by atoms with Crippen LogP contribution in [0.5, 0.6) is 0 Å². The van der Waals surface area contributed by atoms with E-state index in [9.17, 15) is 5.11 Å². The van der Waals surface area contributed by atoms with Gasteiger partial charge in [0.1, 0.15) is 0 Å². The molecule has 0 bridgehead atoms. The van der Waals surface area contributed by atoms with E-state index in [1.165, 1.54) is 49.7 Å². The van der Waals surface area contributed by atoms with E-state index in [0.717, 1.165) is 56.5 Å². The molecule has 0 aromatic heterocycles. The number of hydrogen-bond donors (Lipinski definition) is 1. The summed E-state index contributed by atoms with van der Waals surface area (Å²) in [6.07, 6.45) is 18.5. The van der Waals surface area contributed by atoms with Crippen molar-refractivity contribution in [2.24, 2.45) is 23.2 Å². The summed E-state index contributed by atoms with van der Waals surface area (Å²) >= 11 is 0. The van der Waals surface area contributed by atoms with Crippen molar-refractivity contribution in [3.63, 3.8) is 0 Å². The molecule has 0 amide bonds. The predicted molar refractivity (Wildman–Crippen MR) is 132 cm³/mol. The fourth-order valence-corrected chi connectivity index (χ4v) is 7.03. The zero-order valence-electron chi connectivity index (χ0n) is 21.0. The highest BCUT2D eigenvalue weighted by Gasteiger charge is 2.50. The van der Waals surface area contributed by atoms with E-state index in [1.807, 2.05) is 13.8 Å². The van der Waals surface area contributed by atoms with Gasteiger partial charge in [0, 0.05) is 6.61 Å². The molecule has 0 radical (unpaired) electrons. The van der Waals surface area contributed by atoms with Crippen LogP contribution >= 0.6 is 0 Å². The molecule has 31 heavy (non-hydrogen) atoms. The highest BCUT2D eigenvalue weighted by atomic mass is 16.5. The Morgan fingerprint density at radius 2 is 2.00 bits per heavy atom. The minimum Gasteiger partial charge on any atom is -0.390 e. The zero-order chi connectivity index (χ0) is 22.6. The number of rotatable bonds is 8. The maximum atomic E-state index is 10.1. The molecule has 3 aliphatic rings. The fraction of sp³-hybridized carbons (Fsp3) is 0.793. The van der Waals surface area contributed by atoms with Crippen LogP contribution in [-0.2, 0) is 4.74 Å². The first kappa shape index (κ1) is 24.8. The summed E-state index contributed by atoms with van der Waals surface area (Å²) in [5, 5.41) is 10.1. The molecule has 0 spiro atoms. The molecular formula is C29H48O2. The van der Waals surface area contributed by atoms with Crippen LogP contribution in [0.4, 0.5) is 0 Å². The van der Waals surface area contributed by atoms with Gasteiger partial charge < -0.3 is 9.84 Å². The van der Waals surface area contributed by atoms with Crippen LogP contribution in [0.2, 0.25) is 0 Å². The van der Waals surface area contributed by atoms with Gasteiger partial charge in [0.05, 0.1) is 11.7 Å². The van der Waals surface area contributed by atoms with Crippen molar-refractivity contribution < 1.29 is 9.84 Å². The first-order chi connectivity index (χ1) is 14.6. The van der Waals surface area contributed by atoms with Crippen LogP contribution in [0.3, 0.4) is 0 Å². The van der Waals surface area contributed by atoms with Crippen LogP contribution in [-0.4, -0.2) is 23.4 Å². The van der Waals surface area contributed by atoms with Gasteiger partial charge >= 0.3 is 0 Å². The van der Waals surface area contributed by atoms with Gasteiger partial charge in [0.15, 0.2) is 0 Å². The maximum absolute atomic E-state index is 10.1. The molecule has 0 saturated heterocycles. The van der Waals surface area contributed by atoms with Crippen LogP contribution in [0.25, 0.3) is 0 Å². The average Bonchev–Trinajstić information content (AvgIpc) is 3.05. The molecule has 0 heterocycles. The van der Waals surface area contributed by atoms with Crippen molar-refractivity contribution >= 4 is 0 Å². The van der Waals surface area contributed by atoms with Gasteiger partial charge in [-0.1, -0.05) is 56.6 Å². The lowest BCUT2D eigenvalue weighted by atomic mass is 9.60. The molecule has 3 fully saturated rings. The van der Waals surface area contributed by atoms with Crippen LogP contribution in [0.15, 0.2) is 35.5 Å². The molecule has 0 aromatic rings. The fourth-order valence-electron chi connectivity index (χ4n) is 7.03. The molecule has 3 rings (SSSR count). The Morgan fingerprint density at radius 3 is 2.71 bits per heavy atom. The lowest BCUT2D eigenvalue weighted by Crippen LogP contribution is -2.36. The van der Waals surface area contributed by atoms with Crippen LogP contribution in [0.1, 0.15) is 105 Å². The predicted octanol–water partition coefficient (Wildman–Crippen LogP) is 7.78. The SMILES string of the molecule is C=C1CC[C@H](OCC)C/C1=C/C=C1\CCC[C@@]2(C)C1CC[C@@H]2[C@H](C)CCCC(C)(C)O. The van der Waals surface area contributed by atoms with E-state index >= 15 is 0 Å². The molecular weight excluding hydrogens is 380 g/mol. The topological polar surface area (TPSA) is 29.5 Å². The number of aliphatic hydroxyl groups is 1. The Labute approximate surface area is 192 Å². The molecule has 3 aliphatic carbocycles. The van der Waals surface area contributed by atoms with Gasteiger partial charge in [-0.25, -0.2) is 0 Å². The van der Waals surface area contributed by atoms with Crippen molar-refractivity contribution in [2.45, 2.75) is 117 Å². The number of ether oxygens (including phenoxy) is 1. The number of fused-ring (bicyclic) bond motifs is 1. The molecule has 0 aromatic carbocycles. The molecule has 5 atom stereocenters. The van der Waals surface area contributed by atoms with Crippen molar-refractivity contribution in [2.75, 3.05) is 6.61 Å². The number of allylic oxidation sites excluding steroid dienone is 4. The third kappa shape index (κ3) is 6.14. The first-order valence-corrected chi connectivity index (χ1v) is 13.1. The summed E-state index contributed by atoms with van der Waals surface area (Å²) < 4.78 is 5.91. The van der Waals surface area contributed by atoms with E-state index in [1.54, 1.807) is 5.57 Å². The van der Waals surface area contributed by atoms with Gasteiger partial charge in [0.25, 0.3) is 0 Å². The second-order valence-corrected chi connectivity index (χ2v) is 11.6. The van der Waals surface area contributed by atoms with E-state index in [2.05, 4.69) is 39.5 Å². The zero-order valence-corrected chi connectivity index (χ0v) is 21.0. The third-order valence-electron chi connectivity index (χ3n) is 8.74. The highest BCUT2D eigenvalue weighted by molar-refractivity contribution is 5.36. The number of hydrogen-bond acceptors (Lipinski definition) is 2. The summed E-state index contributed by atoms with van der Waals surface area (Å²) in [5.74, 6) is 2.32. The third-order valence-corrected chi connectivity index (χ3v) is 8.74. The monoisotopic (exact) mass is 428 g/mol. The average molecular weight is 429 g/mol.